The molecule has 1 amide bonds. The first-order chi connectivity index (χ1) is 10.9. The average Bonchev–Trinajstić information content (AvgIpc) is 3.00. The molecule has 0 radical (unpaired) electrons. The Morgan fingerprint density at radius 2 is 2.04 bits per heavy atom. The van der Waals surface area contributed by atoms with Crippen molar-refractivity contribution in [1.29, 1.82) is 0 Å². The highest BCUT2D eigenvalue weighted by atomic mass is 32.2. The smallest absolute Gasteiger partial charge is 0.238 e. The fraction of sp³-hybridized carbons (Fsp3) is 0.588. The van der Waals surface area contributed by atoms with Gasteiger partial charge in [-0.3, -0.25) is 9.69 Å². The van der Waals surface area contributed by atoms with Crippen LogP contribution in [0.5, 0.6) is 0 Å². The van der Waals surface area contributed by atoms with Crippen molar-refractivity contribution in [3.05, 3.63) is 29.8 Å². The van der Waals surface area contributed by atoms with E-state index in [-0.39, 0.29) is 23.6 Å². The molecular weight excluding hydrogens is 312 g/mol. The number of benzene rings is 1. The molecule has 0 spiro atoms. The van der Waals surface area contributed by atoms with Crippen molar-refractivity contribution in [2.75, 3.05) is 30.7 Å². The molecule has 0 saturated carbocycles. The zero-order valence-electron chi connectivity index (χ0n) is 13.7. The third-order valence-corrected chi connectivity index (χ3v) is 7.18. The van der Waals surface area contributed by atoms with E-state index in [1.807, 2.05) is 29.2 Å². The molecule has 0 aliphatic carbocycles. The van der Waals surface area contributed by atoms with Crippen LogP contribution in [-0.4, -0.2) is 49.9 Å². The van der Waals surface area contributed by atoms with Crippen molar-refractivity contribution in [1.82, 2.24) is 4.90 Å². The number of carbonyl (C=O) groups excluding carboxylic acids is 1. The minimum Gasteiger partial charge on any atom is -0.325 e. The maximum atomic E-state index is 12.3. The number of hydrogen-bond acceptors (Lipinski definition) is 4. The number of nitrogens with zero attached hydrogens (tertiary/aromatic N) is 1. The quantitative estimate of drug-likeness (QED) is 0.911. The Kier molecular flexibility index (Phi) is 4.47. The lowest BCUT2D eigenvalue weighted by atomic mass is 10.0. The van der Waals surface area contributed by atoms with Crippen LogP contribution in [0, 0.1) is 5.92 Å². The van der Waals surface area contributed by atoms with Crippen LogP contribution in [0.15, 0.2) is 24.3 Å². The molecule has 0 bridgehead atoms. The van der Waals surface area contributed by atoms with Crippen LogP contribution in [0.1, 0.15) is 31.7 Å². The van der Waals surface area contributed by atoms with Crippen LogP contribution in [-0.2, 0) is 14.6 Å². The number of nitrogens with one attached hydrogen (secondary N) is 1. The molecule has 2 heterocycles. The van der Waals surface area contributed by atoms with Crippen LogP contribution < -0.4 is 5.32 Å². The number of fused-ring (bicyclic) bond motifs is 1. The Morgan fingerprint density at radius 1 is 1.30 bits per heavy atom. The first-order valence-electron chi connectivity index (χ1n) is 8.19. The lowest BCUT2D eigenvalue weighted by Crippen LogP contribution is -2.34. The molecule has 6 heteroatoms. The van der Waals surface area contributed by atoms with Crippen LogP contribution in [0.4, 0.5) is 5.69 Å². The van der Waals surface area contributed by atoms with E-state index in [0.717, 1.165) is 17.7 Å². The van der Waals surface area contributed by atoms with Gasteiger partial charge in [-0.25, -0.2) is 8.42 Å². The van der Waals surface area contributed by atoms with Crippen molar-refractivity contribution in [2.24, 2.45) is 5.92 Å². The normalized spacial score (nSPS) is 26.4. The summed E-state index contributed by atoms with van der Waals surface area (Å²) in [4.78, 5) is 14.3. The highest BCUT2D eigenvalue weighted by Crippen LogP contribution is 2.33. The number of carbonyl (C=O) groups is 1. The average molecular weight is 336 g/mol. The fourth-order valence-electron chi connectivity index (χ4n) is 3.71. The van der Waals surface area contributed by atoms with E-state index < -0.39 is 9.84 Å². The van der Waals surface area contributed by atoms with Gasteiger partial charge in [-0.1, -0.05) is 32.0 Å². The molecule has 1 aromatic carbocycles. The number of anilines is 1. The summed E-state index contributed by atoms with van der Waals surface area (Å²) in [6.07, 6.45) is 0.737. The summed E-state index contributed by atoms with van der Waals surface area (Å²) < 4.78 is 23.9. The molecule has 0 aromatic heterocycles. The van der Waals surface area contributed by atoms with Gasteiger partial charge in [0.1, 0.15) is 0 Å². The second-order valence-electron chi connectivity index (χ2n) is 6.94. The number of likely N-dealkylation sites (tertiary alicyclic amines) is 1. The van der Waals surface area contributed by atoms with Crippen molar-refractivity contribution in [3.8, 4) is 0 Å². The second kappa shape index (κ2) is 6.24. The van der Waals surface area contributed by atoms with Crippen molar-refractivity contribution in [3.63, 3.8) is 0 Å². The van der Waals surface area contributed by atoms with E-state index in [0.29, 0.717) is 24.8 Å². The molecule has 1 N–H and O–H groups in total. The lowest BCUT2D eigenvalue weighted by molar-refractivity contribution is -0.117. The van der Waals surface area contributed by atoms with Gasteiger partial charge in [0.05, 0.1) is 17.5 Å². The van der Waals surface area contributed by atoms with E-state index in [4.69, 9.17) is 0 Å². The topological polar surface area (TPSA) is 66.5 Å². The van der Waals surface area contributed by atoms with Gasteiger partial charge in [0.2, 0.25) is 5.91 Å². The lowest BCUT2D eigenvalue weighted by Gasteiger charge is -2.18. The van der Waals surface area contributed by atoms with Crippen molar-refractivity contribution in [2.45, 2.75) is 31.4 Å². The molecular formula is C17H24N2O3S. The van der Waals surface area contributed by atoms with Gasteiger partial charge in [0, 0.05) is 18.8 Å². The van der Waals surface area contributed by atoms with E-state index in [1.54, 1.807) is 0 Å². The van der Waals surface area contributed by atoms with Crippen LogP contribution in [0.2, 0.25) is 0 Å². The maximum Gasteiger partial charge on any atom is 0.238 e. The Bertz CT molecular complexity index is 700. The molecule has 3 rings (SSSR count). The third-order valence-electron chi connectivity index (χ3n) is 4.92. The van der Waals surface area contributed by atoms with Crippen LogP contribution >= 0.6 is 0 Å². The first kappa shape index (κ1) is 16.5. The van der Waals surface area contributed by atoms with Crippen molar-refractivity contribution >= 4 is 21.4 Å². The Balaban J connectivity index is 1.61. The van der Waals surface area contributed by atoms with Gasteiger partial charge < -0.3 is 5.32 Å². The molecule has 2 aliphatic heterocycles. The van der Waals surface area contributed by atoms with Crippen LogP contribution in [0.25, 0.3) is 0 Å². The maximum absolute atomic E-state index is 12.3. The Labute approximate surface area is 138 Å². The number of amides is 1. The van der Waals surface area contributed by atoms with E-state index in [1.165, 1.54) is 0 Å². The molecule has 126 valence electrons. The number of sulfone groups is 1. The highest BCUT2D eigenvalue weighted by Gasteiger charge is 2.46. The predicted molar refractivity (Wildman–Crippen MR) is 91.3 cm³/mol. The minimum atomic E-state index is -2.94. The number of hydrogen-bond donors (Lipinski definition) is 1. The SMILES string of the molecule is CC(C)c1ccccc1NC(=O)CN1C[C@@H]2CCS(=O)(=O)[C@@H]2C1. The predicted octanol–water partition coefficient (Wildman–Crippen LogP) is 1.87. The Hall–Kier alpha value is -1.40. The zero-order chi connectivity index (χ0) is 16.6. The summed E-state index contributed by atoms with van der Waals surface area (Å²) in [5.41, 5.74) is 1.96. The zero-order valence-corrected chi connectivity index (χ0v) is 14.5. The molecule has 2 saturated heterocycles. The van der Waals surface area contributed by atoms with Crippen LogP contribution in [0.3, 0.4) is 0 Å². The number of para-hydroxylation sites is 1. The van der Waals surface area contributed by atoms with E-state index in [2.05, 4.69) is 19.2 Å². The molecule has 2 atom stereocenters. The second-order valence-corrected chi connectivity index (χ2v) is 9.28. The van der Waals surface area contributed by atoms with Gasteiger partial charge in [-0.15, -0.1) is 0 Å². The summed E-state index contributed by atoms with van der Waals surface area (Å²) in [6.45, 7) is 5.65. The first-order valence-corrected chi connectivity index (χ1v) is 9.91. The molecule has 2 fully saturated rings. The summed E-state index contributed by atoms with van der Waals surface area (Å²) in [6, 6.07) is 7.81. The minimum absolute atomic E-state index is 0.0736. The highest BCUT2D eigenvalue weighted by molar-refractivity contribution is 7.92. The monoisotopic (exact) mass is 336 g/mol. The largest absolute Gasteiger partial charge is 0.325 e. The molecule has 0 unspecified atom stereocenters. The molecule has 2 aliphatic rings. The summed E-state index contributed by atoms with van der Waals surface area (Å²) >= 11 is 0. The van der Waals surface area contributed by atoms with E-state index in [9.17, 15) is 13.2 Å². The Morgan fingerprint density at radius 3 is 2.74 bits per heavy atom. The third kappa shape index (κ3) is 3.43. The van der Waals surface area contributed by atoms with Gasteiger partial charge >= 0.3 is 0 Å². The van der Waals surface area contributed by atoms with E-state index >= 15 is 0 Å². The van der Waals surface area contributed by atoms with Gasteiger partial charge in [-0.05, 0) is 29.9 Å². The number of rotatable bonds is 4. The van der Waals surface area contributed by atoms with Crippen molar-refractivity contribution < 1.29 is 13.2 Å². The molecule has 23 heavy (non-hydrogen) atoms. The molecule has 1 aromatic rings. The van der Waals surface area contributed by atoms with Gasteiger partial charge in [0.15, 0.2) is 9.84 Å². The summed E-state index contributed by atoms with van der Waals surface area (Å²) in [7, 11) is -2.94. The summed E-state index contributed by atoms with van der Waals surface area (Å²) in [5.74, 6) is 0.776. The van der Waals surface area contributed by atoms with Gasteiger partial charge in [0.25, 0.3) is 0 Å². The molecule has 5 nitrogen and oxygen atoms in total. The fourth-order valence-corrected chi connectivity index (χ4v) is 5.90. The standard InChI is InChI=1S/C17H24N2O3S/c1-12(2)14-5-3-4-6-15(14)18-17(20)11-19-9-13-7-8-23(21,22)16(13)10-19/h3-6,12-13,16H,7-11H2,1-2H3,(H,18,20)/t13-,16+/m0/s1. The van der Waals surface area contributed by atoms with Gasteiger partial charge in [-0.2, -0.15) is 0 Å². The summed E-state index contributed by atoms with van der Waals surface area (Å²) in [5, 5.41) is 2.71.